The number of hydrogen-bond donors (Lipinski definition) is 2. The van der Waals surface area contributed by atoms with E-state index >= 15 is 0 Å². The van der Waals surface area contributed by atoms with Gasteiger partial charge in [0.1, 0.15) is 10.8 Å². The molecule has 176 valence electrons. The molecule has 1 saturated carbocycles. The number of carbonyl (C=O) groups excluding carboxylic acids is 1. The summed E-state index contributed by atoms with van der Waals surface area (Å²) in [5.41, 5.74) is 1.42. The first kappa shape index (κ1) is 21.9. The van der Waals surface area contributed by atoms with Gasteiger partial charge in [0, 0.05) is 10.8 Å². The van der Waals surface area contributed by atoms with Crippen molar-refractivity contribution in [2.45, 2.75) is 57.5 Å². The van der Waals surface area contributed by atoms with Crippen molar-refractivity contribution in [1.82, 2.24) is 10.1 Å². The minimum atomic E-state index is -4.75. The van der Waals surface area contributed by atoms with Crippen LogP contribution in [0.15, 0.2) is 15.9 Å². The fourth-order valence-electron chi connectivity index (χ4n) is 5.09. The summed E-state index contributed by atoms with van der Waals surface area (Å²) in [4.78, 5) is 29.0. The molecule has 1 amide bonds. The van der Waals surface area contributed by atoms with Gasteiger partial charge in [0.25, 0.3) is 17.6 Å². The van der Waals surface area contributed by atoms with E-state index in [0.29, 0.717) is 22.6 Å². The highest BCUT2D eigenvalue weighted by Gasteiger charge is 2.42. The maximum atomic E-state index is 13.3. The number of alkyl halides is 3. The van der Waals surface area contributed by atoms with Gasteiger partial charge in [-0.25, -0.2) is 4.79 Å². The van der Waals surface area contributed by atoms with Crippen molar-refractivity contribution in [3.05, 3.63) is 27.6 Å². The van der Waals surface area contributed by atoms with Gasteiger partial charge in [0.2, 0.25) is 0 Å². The maximum absolute atomic E-state index is 13.3. The monoisotopic (exact) mass is 483 g/mol. The lowest BCUT2D eigenvalue weighted by atomic mass is 9.70. The molecule has 2 heterocycles. The highest BCUT2D eigenvalue weighted by Crippen LogP contribution is 2.48. The van der Waals surface area contributed by atoms with Crippen molar-refractivity contribution in [3.8, 4) is 11.5 Å². The van der Waals surface area contributed by atoms with Crippen LogP contribution in [0.25, 0.3) is 11.5 Å². The highest BCUT2D eigenvalue weighted by atomic mass is 32.1. The average molecular weight is 483 g/mol. The molecule has 2 N–H and O–H groups in total. The van der Waals surface area contributed by atoms with E-state index in [4.69, 9.17) is 14.4 Å². The van der Waals surface area contributed by atoms with Crippen molar-refractivity contribution in [3.63, 3.8) is 0 Å². The van der Waals surface area contributed by atoms with E-state index in [1.165, 1.54) is 11.3 Å². The zero-order chi connectivity index (χ0) is 23.3. The van der Waals surface area contributed by atoms with E-state index in [0.717, 1.165) is 55.4 Å². The first-order chi connectivity index (χ1) is 15.7. The van der Waals surface area contributed by atoms with Gasteiger partial charge in [-0.2, -0.15) is 18.2 Å². The normalized spacial score (nSPS) is 22.3. The number of rotatable bonds is 4. The molecule has 0 spiro atoms. The number of aromatic nitrogens is 2. The Balaban J connectivity index is 1.53. The van der Waals surface area contributed by atoms with Gasteiger partial charge in [-0.15, -0.1) is 11.3 Å². The fourth-order valence-corrected chi connectivity index (χ4v) is 6.36. The zero-order valence-electron chi connectivity index (χ0n) is 17.3. The molecule has 2 aromatic rings. The van der Waals surface area contributed by atoms with E-state index in [1.807, 2.05) is 0 Å². The molecule has 0 aromatic carbocycles. The molecule has 4 aliphatic rings. The van der Waals surface area contributed by atoms with E-state index in [1.54, 1.807) is 0 Å². The molecule has 0 aliphatic heterocycles. The number of aryl methyl sites for hydroxylation is 1. The third kappa shape index (κ3) is 4.00. The lowest BCUT2D eigenvalue weighted by molar-refractivity contribution is -0.146. The second-order valence-electron chi connectivity index (χ2n) is 8.48. The van der Waals surface area contributed by atoms with Crippen molar-refractivity contribution in [2.75, 3.05) is 5.32 Å². The van der Waals surface area contributed by atoms with Gasteiger partial charge in [0.05, 0.1) is 11.1 Å². The first-order valence-electron chi connectivity index (χ1n) is 10.7. The van der Waals surface area contributed by atoms with Gasteiger partial charge >= 0.3 is 12.3 Å². The summed E-state index contributed by atoms with van der Waals surface area (Å²) in [6, 6.07) is 0. The summed E-state index contributed by atoms with van der Waals surface area (Å²) in [5, 5.41) is 15.4. The SMILES string of the molecule is O=C(O)OC1=C(C(=O)Nc2sc3c(c2-c2nc(C(F)(F)F)no2)CCCC3)C2CCC1CC2. The van der Waals surface area contributed by atoms with Gasteiger partial charge in [-0.05, 0) is 62.8 Å². The standard InChI is InChI=1S/C21H20F3N3O5S/c22-21(23,24)19-26-17(32-27-19)14-11-3-1-2-4-12(11)33-18(14)25-16(28)13-9-5-7-10(8-6-9)15(13)31-20(29)30/h9-10H,1-8H2,(H,25,28)(H,29,30). The number of halogens is 3. The Hall–Kier alpha value is -2.89. The van der Waals surface area contributed by atoms with Crippen molar-refractivity contribution in [1.29, 1.82) is 0 Å². The average Bonchev–Trinajstić information content (AvgIpc) is 3.38. The fraction of sp³-hybridized carbons (Fsp3) is 0.524. The third-order valence-corrected chi connectivity index (χ3v) is 7.71. The van der Waals surface area contributed by atoms with Gasteiger partial charge < -0.3 is 19.7 Å². The van der Waals surface area contributed by atoms with Gasteiger partial charge in [-0.1, -0.05) is 5.16 Å². The predicted molar refractivity (Wildman–Crippen MR) is 109 cm³/mol. The van der Waals surface area contributed by atoms with Crippen LogP contribution in [0.4, 0.5) is 23.0 Å². The number of fused-ring (bicyclic) bond motifs is 3. The lowest BCUT2D eigenvalue weighted by Gasteiger charge is -2.37. The molecular weight excluding hydrogens is 463 g/mol. The maximum Gasteiger partial charge on any atom is 0.511 e. The smallest absolute Gasteiger partial charge is 0.449 e. The Morgan fingerprint density at radius 1 is 1.12 bits per heavy atom. The number of nitrogens with one attached hydrogen (secondary N) is 1. The van der Waals surface area contributed by atoms with Crippen LogP contribution in [0.3, 0.4) is 0 Å². The van der Waals surface area contributed by atoms with Gasteiger partial charge in [0.15, 0.2) is 0 Å². The number of amides is 1. The molecule has 4 aliphatic carbocycles. The quantitative estimate of drug-likeness (QED) is 0.560. The van der Waals surface area contributed by atoms with E-state index < -0.39 is 24.1 Å². The molecule has 0 radical (unpaired) electrons. The first-order valence-corrected chi connectivity index (χ1v) is 11.6. The second kappa shape index (κ2) is 8.15. The Morgan fingerprint density at radius 2 is 1.82 bits per heavy atom. The lowest BCUT2D eigenvalue weighted by Crippen LogP contribution is -2.34. The van der Waals surface area contributed by atoms with Crippen molar-refractivity contribution >= 4 is 28.4 Å². The summed E-state index contributed by atoms with van der Waals surface area (Å²) in [6.45, 7) is 0. The number of allylic oxidation sites excluding steroid dienone is 1. The molecule has 33 heavy (non-hydrogen) atoms. The van der Waals surface area contributed by atoms with E-state index in [-0.39, 0.29) is 23.5 Å². The van der Waals surface area contributed by atoms with Crippen LogP contribution in [-0.4, -0.2) is 27.3 Å². The Kier molecular flexibility index (Phi) is 5.42. The molecule has 2 aromatic heterocycles. The molecule has 1 fully saturated rings. The number of thiophene rings is 1. The summed E-state index contributed by atoms with van der Waals surface area (Å²) >= 11 is 1.28. The number of carbonyl (C=O) groups is 2. The minimum Gasteiger partial charge on any atom is -0.449 e. The van der Waals surface area contributed by atoms with Crippen LogP contribution >= 0.6 is 11.3 Å². The number of ether oxygens (including phenoxy) is 1. The van der Waals surface area contributed by atoms with E-state index in [9.17, 15) is 22.8 Å². The largest absolute Gasteiger partial charge is 0.511 e. The van der Waals surface area contributed by atoms with Crippen LogP contribution < -0.4 is 5.32 Å². The number of hydrogen-bond acceptors (Lipinski definition) is 7. The summed E-state index contributed by atoms with van der Waals surface area (Å²) in [7, 11) is 0. The molecule has 0 unspecified atom stereocenters. The van der Waals surface area contributed by atoms with Crippen LogP contribution in [-0.2, 0) is 28.5 Å². The number of nitrogens with zero attached hydrogens (tertiary/aromatic N) is 2. The van der Waals surface area contributed by atoms with Gasteiger partial charge in [-0.3, -0.25) is 4.79 Å². The van der Waals surface area contributed by atoms with Crippen molar-refractivity contribution in [2.24, 2.45) is 11.8 Å². The second-order valence-corrected chi connectivity index (χ2v) is 9.59. The molecule has 2 bridgehead atoms. The van der Waals surface area contributed by atoms with Crippen LogP contribution in [0.2, 0.25) is 0 Å². The summed E-state index contributed by atoms with van der Waals surface area (Å²) in [6.07, 6.45) is -0.0455. The molecule has 0 atom stereocenters. The zero-order valence-corrected chi connectivity index (χ0v) is 18.1. The molecule has 0 saturated heterocycles. The highest BCUT2D eigenvalue weighted by molar-refractivity contribution is 7.17. The van der Waals surface area contributed by atoms with Crippen LogP contribution in [0.5, 0.6) is 0 Å². The Labute approximate surface area is 189 Å². The molecule has 12 heteroatoms. The van der Waals surface area contributed by atoms with Crippen molar-refractivity contribution < 1.29 is 37.1 Å². The predicted octanol–water partition coefficient (Wildman–Crippen LogP) is 5.40. The van der Waals surface area contributed by atoms with Crippen LogP contribution in [0, 0.1) is 11.8 Å². The number of anilines is 1. The summed E-state index contributed by atoms with van der Waals surface area (Å²) < 4.78 is 49.1. The van der Waals surface area contributed by atoms with Crippen LogP contribution in [0.1, 0.15) is 54.8 Å². The Bertz CT molecular complexity index is 1140. The molecular formula is C21H20F3N3O5S. The minimum absolute atomic E-state index is 0.123. The molecule has 6 rings (SSSR count). The topological polar surface area (TPSA) is 115 Å². The van der Waals surface area contributed by atoms with E-state index in [2.05, 4.69) is 15.5 Å². The number of carboxylic acid groups (broad SMARTS) is 1. The third-order valence-electron chi connectivity index (χ3n) is 6.51. The molecule has 8 nitrogen and oxygen atoms in total. The summed E-state index contributed by atoms with van der Waals surface area (Å²) in [5.74, 6) is -2.25. The Morgan fingerprint density at radius 3 is 2.48 bits per heavy atom.